The molecule has 0 spiro atoms. The molecule has 0 radical (unpaired) electrons. The number of aromatic carboxylic acids is 1. The van der Waals surface area contributed by atoms with Gasteiger partial charge in [-0.15, -0.1) is 0 Å². The quantitative estimate of drug-likeness (QED) is 0.943. The van der Waals surface area contributed by atoms with Gasteiger partial charge in [0, 0.05) is 18.2 Å². The number of carboxylic acid groups (broad SMARTS) is 1. The minimum atomic E-state index is -1.04. The van der Waals surface area contributed by atoms with Crippen LogP contribution in [0, 0.1) is 6.92 Å². The number of carbonyl (C=O) groups is 1. The second-order valence-corrected chi connectivity index (χ2v) is 6.43. The van der Waals surface area contributed by atoms with E-state index in [2.05, 4.69) is 31.9 Å². The van der Waals surface area contributed by atoms with Crippen LogP contribution < -0.4 is 4.74 Å². The number of aryl methyl sites for hydroxylation is 2. The minimum Gasteiger partial charge on any atom is -0.496 e. The normalized spacial score (nSPS) is 11.5. The molecule has 0 saturated heterocycles. The summed E-state index contributed by atoms with van der Waals surface area (Å²) in [6.07, 6.45) is 0. The highest BCUT2D eigenvalue weighted by molar-refractivity contribution is 5.88. The van der Waals surface area contributed by atoms with Gasteiger partial charge in [0.25, 0.3) is 0 Å². The summed E-state index contributed by atoms with van der Waals surface area (Å²) in [7, 11) is 3.38. The monoisotopic (exact) mass is 302 g/mol. The van der Waals surface area contributed by atoms with Crippen LogP contribution in [-0.4, -0.2) is 28.0 Å². The molecule has 2 aromatic rings. The van der Waals surface area contributed by atoms with Gasteiger partial charge in [0.2, 0.25) is 0 Å². The molecule has 1 heterocycles. The van der Waals surface area contributed by atoms with E-state index in [1.54, 1.807) is 24.9 Å². The van der Waals surface area contributed by atoms with Crippen LogP contribution in [0.15, 0.2) is 18.2 Å². The number of rotatable bonds is 3. The van der Waals surface area contributed by atoms with Crippen molar-refractivity contribution in [2.24, 2.45) is 7.05 Å². The predicted octanol–water partition coefficient (Wildman–Crippen LogP) is 3.40. The lowest BCUT2D eigenvalue weighted by atomic mass is 9.83. The van der Waals surface area contributed by atoms with Crippen LogP contribution in [0.1, 0.15) is 42.4 Å². The molecule has 22 heavy (non-hydrogen) atoms. The lowest BCUT2D eigenvalue weighted by Gasteiger charge is -2.25. The summed E-state index contributed by atoms with van der Waals surface area (Å²) >= 11 is 0. The Labute approximate surface area is 130 Å². The molecule has 118 valence electrons. The molecule has 1 aromatic carbocycles. The van der Waals surface area contributed by atoms with Crippen LogP contribution in [0.5, 0.6) is 5.75 Å². The Morgan fingerprint density at radius 2 is 1.95 bits per heavy atom. The van der Waals surface area contributed by atoms with E-state index in [0.717, 1.165) is 28.1 Å². The van der Waals surface area contributed by atoms with Crippen molar-refractivity contribution in [3.8, 4) is 17.0 Å². The molecular weight excluding hydrogens is 280 g/mol. The van der Waals surface area contributed by atoms with E-state index in [1.807, 2.05) is 13.0 Å². The third-order valence-corrected chi connectivity index (χ3v) is 3.73. The van der Waals surface area contributed by atoms with Gasteiger partial charge in [0.1, 0.15) is 5.75 Å². The molecule has 0 amide bonds. The maximum atomic E-state index is 11.2. The van der Waals surface area contributed by atoms with Gasteiger partial charge in [0.15, 0.2) is 5.69 Å². The van der Waals surface area contributed by atoms with Crippen molar-refractivity contribution in [2.45, 2.75) is 33.1 Å². The summed E-state index contributed by atoms with van der Waals surface area (Å²) in [4.78, 5) is 11.2. The van der Waals surface area contributed by atoms with E-state index >= 15 is 0 Å². The maximum absolute atomic E-state index is 11.2. The summed E-state index contributed by atoms with van der Waals surface area (Å²) < 4.78 is 7.26. The first kappa shape index (κ1) is 16.1. The van der Waals surface area contributed by atoms with Crippen molar-refractivity contribution in [2.75, 3.05) is 7.11 Å². The first-order valence-corrected chi connectivity index (χ1v) is 7.12. The summed E-state index contributed by atoms with van der Waals surface area (Å²) in [5.41, 5.74) is 3.66. The van der Waals surface area contributed by atoms with Gasteiger partial charge in [-0.25, -0.2) is 4.79 Å². The zero-order valence-corrected chi connectivity index (χ0v) is 13.9. The highest BCUT2D eigenvalue weighted by Gasteiger charge is 2.25. The van der Waals surface area contributed by atoms with Crippen molar-refractivity contribution in [3.63, 3.8) is 0 Å². The second kappa shape index (κ2) is 5.48. The lowest BCUT2D eigenvalue weighted by molar-refractivity contribution is 0.0689. The van der Waals surface area contributed by atoms with Crippen molar-refractivity contribution in [1.29, 1.82) is 0 Å². The summed E-state index contributed by atoms with van der Waals surface area (Å²) in [6, 6.07) is 5.68. The smallest absolute Gasteiger partial charge is 0.356 e. The maximum Gasteiger partial charge on any atom is 0.356 e. The van der Waals surface area contributed by atoms with Crippen LogP contribution in [0.2, 0.25) is 0 Å². The zero-order chi connectivity index (χ0) is 16.7. The van der Waals surface area contributed by atoms with Gasteiger partial charge in [-0.1, -0.05) is 32.9 Å². The largest absolute Gasteiger partial charge is 0.496 e. The number of carboxylic acids is 1. The summed E-state index contributed by atoms with van der Waals surface area (Å²) in [5.74, 6) is -0.266. The number of nitrogens with zero attached hydrogens (tertiary/aromatic N) is 2. The average molecular weight is 302 g/mol. The fourth-order valence-corrected chi connectivity index (χ4v) is 2.61. The Morgan fingerprint density at radius 1 is 1.32 bits per heavy atom. The topological polar surface area (TPSA) is 64.3 Å². The SMILES string of the molecule is COc1c(C(C)(C)C)ccc(C)c1-c1cc(C(=O)O)nn1C. The molecule has 0 saturated carbocycles. The number of methoxy groups -OCH3 is 1. The fraction of sp³-hybridized carbons (Fsp3) is 0.412. The molecule has 0 aliphatic heterocycles. The Bertz CT molecular complexity index is 724. The van der Waals surface area contributed by atoms with E-state index in [0.29, 0.717) is 0 Å². The molecule has 5 heteroatoms. The molecule has 0 unspecified atom stereocenters. The van der Waals surface area contributed by atoms with Crippen LogP contribution in [0.25, 0.3) is 11.3 Å². The first-order valence-electron chi connectivity index (χ1n) is 7.12. The van der Waals surface area contributed by atoms with Crippen LogP contribution in [-0.2, 0) is 12.5 Å². The standard InChI is InChI=1S/C17H22N2O3/c1-10-7-8-11(17(2,3)4)15(22-6)14(10)13-9-12(16(20)21)18-19(13)5/h7-9H,1-6H3,(H,20,21). The molecule has 0 bridgehead atoms. The molecule has 0 aliphatic carbocycles. The number of benzene rings is 1. The van der Waals surface area contributed by atoms with Crippen LogP contribution in [0.4, 0.5) is 0 Å². The van der Waals surface area contributed by atoms with Crippen molar-refractivity contribution in [1.82, 2.24) is 9.78 Å². The molecular formula is C17H22N2O3. The lowest BCUT2D eigenvalue weighted by Crippen LogP contribution is -2.14. The molecule has 0 aliphatic rings. The third-order valence-electron chi connectivity index (χ3n) is 3.73. The van der Waals surface area contributed by atoms with Gasteiger partial charge in [-0.2, -0.15) is 5.10 Å². The van der Waals surface area contributed by atoms with E-state index in [4.69, 9.17) is 9.84 Å². The van der Waals surface area contributed by atoms with E-state index in [1.165, 1.54) is 0 Å². The molecule has 0 fully saturated rings. The first-order chi connectivity index (χ1) is 10.2. The van der Waals surface area contributed by atoms with Gasteiger partial charge in [0.05, 0.1) is 12.8 Å². The van der Waals surface area contributed by atoms with Crippen LogP contribution >= 0.6 is 0 Å². The fourth-order valence-electron chi connectivity index (χ4n) is 2.61. The Kier molecular flexibility index (Phi) is 4.00. The second-order valence-electron chi connectivity index (χ2n) is 6.43. The highest BCUT2D eigenvalue weighted by Crippen LogP contribution is 2.41. The van der Waals surface area contributed by atoms with E-state index < -0.39 is 5.97 Å². The van der Waals surface area contributed by atoms with Crippen molar-refractivity contribution < 1.29 is 14.6 Å². The molecule has 1 aromatic heterocycles. The minimum absolute atomic E-state index is 0.0279. The predicted molar refractivity (Wildman–Crippen MR) is 85.6 cm³/mol. The molecule has 1 N–H and O–H groups in total. The van der Waals surface area contributed by atoms with Crippen molar-refractivity contribution >= 4 is 5.97 Å². The van der Waals surface area contributed by atoms with Gasteiger partial charge >= 0.3 is 5.97 Å². The number of aromatic nitrogens is 2. The highest BCUT2D eigenvalue weighted by atomic mass is 16.5. The third kappa shape index (κ3) is 2.71. The summed E-state index contributed by atoms with van der Waals surface area (Å²) in [6.45, 7) is 8.35. The number of hydrogen-bond donors (Lipinski definition) is 1. The molecule has 5 nitrogen and oxygen atoms in total. The van der Waals surface area contributed by atoms with Crippen LogP contribution in [0.3, 0.4) is 0 Å². The molecule has 2 rings (SSSR count). The van der Waals surface area contributed by atoms with E-state index in [-0.39, 0.29) is 11.1 Å². The average Bonchev–Trinajstić information content (AvgIpc) is 2.78. The zero-order valence-electron chi connectivity index (χ0n) is 13.9. The van der Waals surface area contributed by atoms with E-state index in [9.17, 15) is 4.79 Å². The summed E-state index contributed by atoms with van der Waals surface area (Å²) in [5, 5.41) is 13.2. The van der Waals surface area contributed by atoms with Gasteiger partial charge < -0.3 is 9.84 Å². The Hall–Kier alpha value is -2.30. The van der Waals surface area contributed by atoms with Gasteiger partial charge in [-0.05, 0) is 24.0 Å². The van der Waals surface area contributed by atoms with Gasteiger partial charge in [-0.3, -0.25) is 4.68 Å². The number of ether oxygens (including phenoxy) is 1. The Morgan fingerprint density at radius 3 is 2.41 bits per heavy atom. The Balaban J connectivity index is 2.77. The van der Waals surface area contributed by atoms with Crippen molar-refractivity contribution in [3.05, 3.63) is 35.0 Å². The number of hydrogen-bond acceptors (Lipinski definition) is 3. The molecule has 0 atom stereocenters.